The number of carbonyl (C=O) groups is 1. The van der Waals surface area contributed by atoms with E-state index in [1.54, 1.807) is 7.11 Å². The molecule has 0 saturated carbocycles. The Morgan fingerprint density at radius 1 is 1.11 bits per heavy atom. The first kappa shape index (κ1) is 21.0. The third-order valence-electron chi connectivity index (χ3n) is 3.36. The summed E-state index contributed by atoms with van der Waals surface area (Å²) in [6.45, 7) is 0. The molecule has 0 aliphatic carbocycles. The van der Waals surface area contributed by atoms with Gasteiger partial charge in [-0.25, -0.2) is 0 Å². The molecule has 1 heterocycles. The van der Waals surface area contributed by atoms with Crippen molar-refractivity contribution >= 4 is 26.8 Å². The van der Waals surface area contributed by atoms with Crippen molar-refractivity contribution in [3.05, 3.63) is 72.0 Å². The molecule has 0 radical (unpaired) electrons. The van der Waals surface area contributed by atoms with Gasteiger partial charge in [-0.3, -0.25) is 0 Å². The van der Waals surface area contributed by atoms with E-state index in [1.165, 1.54) is 14.7 Å². The van der Waals surface area contributed by atoms with Gasteiger partial charge in [0, 0.05) is 0 Å². The number of carbonyl (C=O) groups excluding carboxylic acids is 1. The fourth-order valence-corrected chi connectivity index (χ4v) is 4.09. The SMILES string of the molecule is COc1ccc(Cc2cc(-c3ccccc3)[te][o+]2)cc1.O=C([O-])C(F)(F)F. The van der Waals surface area contributed by atoms with Gasteiger partial charge < -0.3 is 9.90 Å². The summed E-state index contributed by atoms with van der Waals surface area (Å²) >= 11 is -0.535. The summed E-state index contributed by atoms with van der Waals surface area (Å²) in [4.78, 5) is 8.78. The summed E-state index contributed by atoms with van der Waals surface area (Å²) in [6.07, 6.45) is -4.34. The van der Waals surface area contributed by atoms with E-state index in [2.05, 4.69) is 42.5 Å². The Hall–Kier alpha value is -2.30. The van der Waals surface area contributed by atoms with E-state index < -0.39 is 33.0 Å². The molecular formula is C19H15F3O4Te. The summed E-state index contributed by atoms with van der Waals surface area (Å²) in [7, 11) is 1.68. The molecule has 4 nitrogen and oxygen atoms in total. The summed E-state index contributed by atoms with van der Waals surface area (Å²) in [5, 5.41) is 8.78. The third kappa shape index (κ3) is 6.74. The maximum atomic E-state index is 10.5. The minimum absolute atomic E-state index is 0.535. The van der Waals surface area contributed by atoms with Crippen LogP contribution in [0.15, 0.2) is 63.4 Å². The van der Waals surface area contributed by atoms with Gasteiger partial charge in [-0.2, -0.15) is 13.2 Å². The van der Waals surface area contributed by atoms with Gasteiger partial charge in [-0.15, -0.1) is 0 Å². The van der Waals surface area contributed by atoms with Crippen molar-refractivity contribution < 1.29 is 30.6 Å². The number of rotatable bonds is 4. The summed E-state index contributed by atoms with van der Waals surface area (Å²) < 4.78 is 44.0. The monoisotopic (exact) mass is 494 g/mol. The third-order valence-corrected chi connectivity index (χ3v) is 5.73. The average Bonchev–Trinajstić information content (AvgIpc) is 3.11. The zero-order chi connectivity index (χ0) is 19.9. The molecule has 3 aromatic rings. The van der Waals surface area contributed by atoms with E-state index in [9.17, 15) is 13.2 Å². The molecule has 0 unspecified atom stereocenters. The van der Waals surface area contributed by atoms with Gasteiger partial charge in [0.1, 0.15) is 5.97 Å². The number of ether oxygens (including phenoxy) is 1. The van der Waals surface area contributed by atoms with Gasteiger partial charge in [0.2, 0.25) is 0 Å². The van der Waals surface area contributed by atoms with E-state index in [1.807, 2.05) is 18.2 Å². The molecule has 2 aromatic carbocycles. The number of carboxylic acids is 1. The van der Waals surface area contributed by atoms with Crippen LogP contribution >= 0.6 is 0 Å². The van der Waals surface area contributed by atoms with Crippen LogP contribution in [-0.4, -0.2) is 40.1 Å². The van der Waals surface area contributed by atoms with Crippen molar-refractivity contribution in [2.45, 2.75) is 12.6 Å². The van der Waals surface area contributed by atoms with Gasteiger partial charge in [-0.05, 0) is 0 Å². The van der Waals surface area contributed by atoms with Gasteiger partial charge in [0.15, 0.2) is 0 Å². The van der Waals surface area contributed by atoms with Crippen molar-refractivity contribution in [1.82, 2.24) is 0 Å². The fraction of sp³-hybridized carbons (Fsp3) is 0.158. The summed E-state index contributed by atoms with van der Waals surface area (Å²) in [5.41, 5.74) is 2.54. The standard InChI is InChI=1S/C17H15O2Te.C2HF3O2/c1-18-15-9-7-13(8-10-15)11-16-12-17(20-19-16)14-5-3-2-4-6-14;3-2(4,5)1(6)7/h2-10,12H,11H2,1H3;(H,6,7)/q+1;/p-1. The van der Waals surface area contributed by atoms with Crippen molar-refractivity contribution in [2.75, 3.05) is 7.11 Å². The van der Waals surface area contributed by atoms with Crippen LogP contribution in [0, 0.1) is 0 Å². The number of alkyl halides is 3. The van der Waals surface area contributed by atoms with Gasteiger partial charge in [-0.1, -0.05) is 0 Å². The Balaban J connectivity index is 0.000000321. The van der Waals surface area contributed by atoms with Gasteiger partial charge in [0.25, 0.3) is 0 Å². The molecule has 8 heteroatoms. The van der Waals surface area contributed by atoms with E-state index in [4.69, 9.17) is 17.4 Å². The summed E-state index contributed by atoms with van der Waals surface area (Å²) in [6, 6.07) is 20.9. The maximum Gasteiger partial charge on any atom is 0.430 e. The number of hydrogen-bond donors (Lipinski definition) is 0. The number of benzene rings is 2. The van der Waals surface area contributed by atoms with E-state index in [0.717, 1.165) is 17.9 Å². The van der Waals surface area contributed by atoms with E-state index in [0.29, 0.717) is 0 Å². The molecule has 3 rings (SSSR count). The van der Waals surface area contributed by atoms with Crippen LogP contribution in [0.25, 0.3) is 9.14 Å². The first-order valence-corrected chi connectivity index (χ1v) is 9.80. The smallest absolute Gasteiger partial charge is 0.430 e. The maximum absolute atomic E-state index is 10.5. The second kappa shape index (κ2) is 9.58. The predicted octanol–water partition coefficient (Wildman–Crippen LogP) is 3.18. The molecule has 0 atom stereocenters. The topological polar surface area (TPSA) is 60.7 Å². The number of hydrogen-bond acceptors (Lipinski definition) is 3. The number of carboxylic acid groups (broad SMARTS) is 1. The molecule has 142 valence electrons. The first-order chi connectivity index (χ1) is 12.8. The normalized spacial score (nSPS) is 10.7. The largest absolute Gasteiger partial charge is 0.542 e. The number of methoxy groups -OCH3 is 1. The second-order valence-corrected chi connectivity index (χ2v) is 7.52. The number of halogens is 3. The Kier molecular flexibility index (Phi) is 7.45. The van der Waals surface area contributed by atoms with Crippen LogP contribution in [0.5, 0.6) is 5.75 Å². The molecule has 0 amide bonds. The minimum Gasteiger partial charge on any atom is -0.542 e. The van der Waals surface area contributed by atoms with Crippen LogP contribution in [0.3, 0.4) is 0 Å². The minimum atomic E-state index is -5.19. The quantitative estimate of drug-likeness (QED) is 0.415. The Bertz CT molecular complexity index is 859. The number of aliphatic carboxylic acids is 1. The van der Waals surface area contributed by atoms with Gasteiger partial charge >= 0.3 is 135 Å². The van der Waals surface area contributed by atoms with Gasteiger partial charge in [0.05, 0.1) is 0 Å². The van der Waals surface area contributed by atoms with Crippen molar-refractivity contribution in [3.63, 3.8) is 0 Å². The zero-order valence-electron chi connectivity index (χ0n) is 14.2. The van der Waals surface area contributed by atoms with Crippen LogP contribution < -0.4 is 9.84 Å². The Morgan fingerprint density at radius 2 is 1.70 bits per heavy atom. The molecule has 1 aromatic heterocycles. The molecule has 0 aliphatic heterocycles. The van der Waals surface area contributed by atoms with Crippen LogP contribution in [0.2, 0.25) is 0 Å². The van der Waals surface area contributed by atoms with E-state index >= 15 is 0 Å². The average molecular weight is 492 g/mol. The second-order valence-electron chi connectivity index (χ2n) is 5.32. The first-order valence-electron chi connectivity index (χ1n) is 7.68. The molecule has 0 spiro atoms. The molecule has 0 saturated heterocycles. The summed E-state index contributed by atoms with van der Waals surface area (Å²) in [5.74, 6) is -1.04. The molecule has 0 fully saturated rings. The molecule has 27 heavy (non-hydrogen) atoms. The Morgan fingerprint density at radius 3 is 2.22 bits per heavy atom. The fourth-order valence-electron chi connectivity index (χ4n) is 2.05. The molecule has 0 aliphatic rings. The van der Waals surface area contributed by atoms with Crippen molar-refractivity contribution in [1.29, 1.82) is 0 Å². The van der Waals surface area contributed by atoms with E-state index in [-0.39, 0.29) is 0 Å². The van der Waals surface area contributed by atoms with Crippen LogP contribution in [-0.2, 0) is 11.2 Å². The molecule has 0 N–H and O–H groups in total. The van der Waals surface area contributed by atoms with Crippen LogP contribution in [0.4, 0.5) is 13.2 Å². The molecular weight excluding hydrogens is 477 g/mol. The van der Waals surface area contributed by atoms with Crippen molar-refractivity contribution in [3.8, 4) is 14.9 Å². The van der Waals surface area contributed by atoms with Crippen molar-refractivity contribution in [2.24, 2.45) is 0 Å². The molecule has 0 bridgehead atoms. The Labute approximate surface area is 164 Å². The van der Waals surface area contributed by atoms with Crippen LogP contribution in [0.1, 0.15) is 11.3 Å². The zero-order valence-corrected chi connectivity index (χ0v) is 16.5. The predicted molar refractivity (Wildman–Crippen MR) is 92.4 cm³/mol.